The standard InChI is InChI=1S/C21H18N4O/c1-13-9-18(15(3)26)24-19(10-13)16-7-8-17-12-22-25(20(17)11-16)21-6-4-5-14(2)23-21/h4-12H,1-3H3. The van der Waals surface area contributed by atoms with Crippen LogP contribution in [-0.2, 0) is 0 Å². The summed E-state index contributed by atoms with van der Waals surface area (Å²) in [6, 6.07) is 15.7. The van der Waals surface area contributed by atoms with Crippen molar-refractivity contribution in [1.29, 1.82) is 0 Å². The minimum Gasteiger partial charge on any atom is -0.293 e. The monoisotopic (exact) mass is 342 g/mol. The number of aryl methyl sites for hydroxylation is 2. The summed E-state index contributed by atoms with van der Waals surface area (Å²) >= 11 is 0. The number of benzene rings is 1. The number of aromatic nitrogens is 4. The Morgan fingerprint density at radius 1 is 1.00 bits per heavy atom. The summed E-state index contributed by atoms with van der Waals surface area (Å²) in [6.45, 7) is 5.46. The third-order valence-corrected chi connectivity index (χ3v) is 4.29. The van der Waals surface area contributed by atoms with Gasteiger partial charge in [-0.05, 0) is 49.7 Å². The fourth-order valence-electron chi connectivity index (χ4n) is 3.00. The summed E-state index contributed by atoms with van der Waals surface area (Å²) in [5.74, 6) is 0.740. The van der Waals surface area contributed by atoms with Gasteiger partial charge < -0.3 is 0 Å². The molecule has 0 aliphatic heterocycles. The molecule has 128 valence electrons. The van der Waals surface area contributed by atoms with E-state index in [1.54, 1.807) is 0 Å². The molecule has 1 aromatic carbocycles. The van der Waals surface area contributed by atoms with Gasteiger partial charge in [-0.3, -0.25) is 4.79 Å². The van der Waals surface area contributed by atoms with E-state index in [1.165, 1.54) is 6.92 Å². The van der Waals surface area contributed by atoms with E-state index < -0.39 is 0 Å². The van der Waals surface area contributed by atoms with Crippen LogP contribution in [0.25, 0.3) is 28.0 Å². The molecular formula is C21H18N4O. The third-order valence-electron chi connectivity index (χ3n) is 4.29. The number of hydrogen-bond acceptors (Lipinski definition) is 4. The van der Waals surface area contributed by atoms with Gasteiger partial charge in [-0.2, -0.15) is 5.10 Å². The van der Waals surface area contributed by atoms with Crippen LogP contribution in [0.3, 0.4) is 0 Å². The van der Waals surface area contributed by atoms with Gasteiger partial charge in [0.05, 0.1) is 17.4 Å². The predicted octanol–water partition coefficient (Wildman–Crippen LogP) is 4.30. The molecule has 0 N–H and O–H groups in total. The number of Topliss-reactive ketones (excluding diaryl/α,β-unsaturated/α-hetero) is 1. The van der Waals surface area contributed by atoms with E-state index in [0.717, 1.165) is 39.2 Å². The number of pyridine rings is 2. The van der Waals surface area contributed by atoms with Gasteiger partial charge in [0.25, 0.3) is 0 Å². The van der Waals surface area contributed by atoms with E-state index in [2.05, 4.69) is 15.1 Å². The lowest BCUT2D eigenvalue weighted by Crippen LogP contribution is -2.01. The molecule has 26 heavy (non-hydrogen) atoms. The average Bonchev–Trinajstić information content (AvgIpc) is 3.04. The lowest BCUT2D eigenvalue weighted by atomic mass is 10.1. The second-order valence-electron chi connectivity index (χ2n) is 6.44. The Labute approximate surface area is 151 Å². The second-order valence-corrected chi connectivity index (χ2v) is 6.44. The van der Waals surface area contributed by atoms with Crippen LogP contribution in [-0.4, -0.2) is 25.5 Å². The Balaban J connectivity index is 1.88. The summed E-state index contributed by atoms with van der Waals surface area (Å²) in [7, 11) is 0. The van der Waals surface area contributed by atoms with E-state index in [1.807, 2.05) is 73.3 Å². The first-order valence-electron chi connectivity index (χ1n) is 8.43. The van der Waals surface area contributed by atoms with Crippen molar-refractivity contribution in [2.75, 3.05) is 0 Å². The number of nitrogens with zero attached hydrogens (tertiary/aromatic N) is 4. The molecule has 5 heteroatoms. The van der Waals surface area contributed by atoms with Crippen LogP contribution in [0.1, 0.15) is 28.7 Å². The quantitative estimate of drug-likeness (QED) is 0.521. The van der Waals surface area contributed by atoms with Gasteiger partial charge in [0.15, 0.2) is 11.6 Å². The SMILES string of the molecule is CC(=O)c1cc(C)cc(-c2ccc3cnn(-c4cccc(C)n4)c3c2)n1. The van der Waals surface area contributed by atoms with Crippen molar-refractivity contribution in [2.45, 2.75) is 20.8 Å². The zero-order chi connectivity index (χ0) is 18.3. The summed E-state index contributed by atoms with van der Waals surface area (Å²) < 4.78 is 1.83. The van der Waals surface area contributed by atoms with Crippen molar-refractivity contribution in [1.82, 2.24) is 19.7 Å². The Kier molecular flexibility index (Phi) is 3.84. The number of fused-ring (bicyclic) bond motifs is 1. The smallest absolute Gasteiger partial charge is 0.178 e. The maximum Gasteiger partial charge on any atom is 0.178 e. The highest BCUT2D eigenvalue weighted by Crippen LogP contribution is 2.25. The molecule has 0 atom stereocenters. The van der Waals surface area contributed by atoms with Crippen molar-refractivity contribution >= 4 is 16.7 Å². The first kappa shape index (κ1) is 16.1. The summed E-state index contributed by atoms with van der Waals surface area (Å²) in [4.78, 5) is 20.8. The fraction of sp³-hybridized carbons (Fsp3) is 0.143. The van der Waals surface area contributed by atoms with Gasteiger partial charge in [-0.15, -0.1) is 0 Å². The minimum atomic E-state index is -0.0370. The molecule has 0 saturated carbocycles. The largest absolute Gasteiger partial charge is 0.293 e. The Bertz CT molecular complexity index is 1140. The third kappa shape index (κ3) is 2.88. The molecule has 0 aliphatic rings. The van der Waals surface area contributed by atoms with Gasteiger partial charge in [0.2, 0.25) is 0 Å². The molecule has 0 radical (unpaired) electrons. The van der Waals surface area contributed by atoms with E-state index >= 15 is 0 Å². The number of hydrogen-bond donors (Lipinski definition) is 0. The van der Waals surface area contributed by atoms with E-state index in [9.17, 15) is 4.79 Å². The number of rotatable bonds is 3. The predicted molar refractivity (Wildman–Crippen MR) is 102 cm³/mol. The normalized spacial score (nSPS) is 11.0. The van der Waals surface area contributed by atoms with Gasteiger partial charge >= 0.3 is 0 Å². The molecule has 4 aromatic rings. The van der Waals surface area contributed by atoms with E-state index in [-0.39, 0.29) is 5.78 Å². The highest BCUT2D eigenvalue weighted by molar-refractivity contribution is 5.93. The van der Waals surface area contributed by atoms with Gasteiger partial charge in [-0.25, -0.2) is 14.6 Å². The molecule has 5 nitrogen and oxygen atoms in total. The minimum absolute atomic E-state index is 0.0370. The molecule has 3 heterocycles. The topological polar surface area (TPSA) is 60.7 Å². The van der Waals surface area contributed by atoms with Crippen LogP contribution in [0.2, 0.25) is 0 Å². The zero-order valence-electron chi connectivity index (χ0n) is 14.9. The van der Waals surface area contributed by atoms with Crippen LogP contribution in [0.4, 0.5) is 0 Å². The van der Waals surface area contributed by atoms with Crippen molar-refractivity contribution in [3.05, 3.63) is 71.7 Å². The van der Waals surface area contributed by atoms with E-state index in [0.29, 0.717) is 5.69 Å². The maximum atomic E-state index is 11.7. The van der Waals surface area contributed by atoms with Crippen LogP contribution in [0.15, 0.2) is 54.7 Å². The zero-order valence-corrected chi connectivity index (χ0v) is 14.9. The lowest BCUT2D eigenvalue weighted by molar-refractivity contribution is 0.101. The highest BCUT2D eigenvalue weighted by Gasteiger charge is 2.11. The van der Waals surface area contributed by atoms with Crippen LogP contribution in [0, 0.1) is 13.8 Å². The lowest BCUT2D eigenvalue weighted by Gasteiger charge is -2.07. The van der Waals surface area contributed by atoms with Crippen molar-refractivity contribution < 1.29 is 4.79 Å². The molecule has 3 aromatic heterocycles. The average molecular weight is 342 g/mol. The summed E-state index contributed by atoms with van der Waals surface area (Å²) in [5.41, 5.74) is 5.10. The van der Waals surface area contributed by atoms with Crippen molar-refractivity contribution in [3.8, 4) is 17.1 Å². The Morgan fingerprint density at radius 3 is 2.62 bits per heavy atom. The molecule has 0 spiro atoms. The van der Waals surface area contributed by atoms with Crippen molar-refractivity contribution in [2.24, 2.45) is 0 Å². The highest BCUT2D eigenvalue weighted by atomic mass is 16.1. The molecular weight excluding hydrogens is 324 g/mol. The molecule has 0 bridgehead atoms. The number of carbonyl (C=O) groups is 1. The molecule has 0 amide bonds. The first-order valence-corrected chi connectivity index (χ1v) is 8.43. The Morgan fingerprint density at radius 2 is 1.85 bits per heavy atom. The molecule has 4 rings (SSSR count). The molecule has 0 saturated heterocycles. The molecule has 0 aliphatic carbocycles. The van der Waals surface area contributed by atoms with Crippen LogP contribution >= 0.6 is 0 Å². The molecule has 0 unspecified atom stereocenters. The van der Waals surface area contributed by atoms with Crippen molar-refractivity contribution in [3.63, 3.8) is 0 Å². The summed E-state index contributed by atoms with van der Waals surface area (Å²) in [5, 5.41) is 5.51. The number of carbonyl (C=O) groups excluding carboxylic acids is 1. The fourth-order valence-corrected chi connectivity index (χ4v) is 3.00. The molecule has 0 fully saturated rings. The van der Waals surface area contributed by atoms with Gasteiger partial charge in [0.1, 0.15) is 5.69 Å². The maximum absolute atomic E-state index is 11.7. The van der Waals surface area contributed by atoms with Gasteiger partial charge in [-0.1, -0.05) is 18.2 Å². The Hall–Kier alpha value is -3.34. The van der Waals surface area contributed by atoms with Crippen LogP contribution in [0.5, 0.6) is 0 Å². The summed E-state index contributed by atoms with van der Waals surface area (Å²) in [6.07, 6.45) is 1.83. The van der Waals surface area contributed by atoms with Gasteiger partial charge in [0, 0.05) is 23.6 Å². The van der Waals surface area contributed by atoms with Crippen LogP contribution < -0.4 is 0 Å². The second kappa shape index (κ2) is 6.19. The first-order chi connectivity index (χ1) is 12.5. The number of ketones is 1. The van der Waals surface area contributed by atoms with E-state index in [4.69, 9.17) is 0 Å².